The third-order valence-corrected chi connectivity index (χ3v) is 3.53. The van der Waals surface area contributed by atoms with E-state index >= 15 is 0 Å². The Morgan fingerprint density at radius 3 is 2.80 bits per heavy atom. The fraction of sp³-hybridized carbons (Fsp3) is 0.143. The maximum Gasteiger partial charge on any atom is 0.357 e. The van der Waals surface area contributed by atoms with Crippen LogP contribution in [0.15, 0.2) is 41.9 Å². The van der Waals surface area contributed by atoms with Gasteiger partial charge in [-0.15, -0.1) is 23.7 Å². The number of carbonyl (C=O) groups is 1. The Balaban J connectivity index is 0.00000147. The number of aromatic nitrogens is 2. The first kappa shape index (κ1) is 14.6. The standard InChI is InChI=1S/C14H12N2O2S.ClH/c1-2-18-13(17)12-11(10-6-4-3-5-7-10)15-14-16(12)8-9-19-14;/h3-9H,2H2,1H3;1H. The number of esters is 1. The fourth-order valence-corrected chi connectivity index (χ4v) is 2.69. The van der Waals surface area contributed by atoms with Crippen molar-refractivity contribution in [3.63, 3.8) is 0 Å². The number of rotatable bonds is 3. The smallest absolute Gasteiger partial charge is 0.357 e. The van der Waals surface area contributed by atoms with Crippen molar-refractivity contribution in [2.45, 2.75) is 6.92 Å². The predicted octanol–water partition coefficient (Wildman–Crippen LogP) is 3.66. The zero-order valence-corrected chi connectivity index (χ0v) is 12.4. The average Bonchev–Trinajstić information content (AvgIpc) is 2.99. The molecule has 0 saturated heterocycles. The van der Waals surface area contributed by atoms with Crippen LogP contribution in [0.4, 0.5) is 0 Å². The Labute approximate surface area is 126 Å². The summed E-state index contributed by atoms with van der Waals surface area (Å²) in [7, 11) is 0. The number of fused-ring (bicyclic) bond motifs is 1. The lowest BCUT2D eigenvalue weighted by Gasteiger charge is -2.03. The lowest BCUT2D eigenvalue weighted by molar-refractivity contribution is 0.0519. The number of benzene rings is 1. The Kier molecular flexibility index (Phi) is 4.42. The summed E-state index contributed by atoms with van der Waals surface area (Å²) in [5, 5.41) is 1.90. The lowest BCUT2D eigenvalue weighted by atomic mass is 10.1. The van der Waals surface area contributed by atoms with E-state index in [9.17, 15) is 4.79 Å². The molecule has 0 bridgehead atoms. The van der Waals surface area contributed by atoms with E-state index in [1.54, 1.807) is 11.3 Å². The van der Waals surface area contributed by atoms with Gasteiger partial charge in [0.05, 0.1) is 6.61 Å². The van der Waals surface area contributed by atoms with Crippen LogP contribution in [0.25, 0.3) is 16.2 Å². The maximum atomic E-state index is 12.1. The van der Waals surface area contributed by atoms with Crippen molar-refractivity contribution in [1.82, 2.24) is 9.38 Å². The second kappa shape index (κ2) is 6.07. The molecule has 6 heteroatoms. The quantitative estimate of drug-likeness (QED) is 0.694. The highest BCUT2D eigenvalue weighted by Gasteiger charge is 2.21. The third-order valence-electron chi connectivity index (χ3n) is 2.78. The van der Waals surface area contributed by atoms with Crippen LogP contribution in [-0.4, -0.2) is 22.0 Å². The Hall–Kier alpha value is -1.85. The van der Waals surface area contributed by atoms with E-state index in [0.29, 0.717) is 18.0 Å². The van der Waals surface area contributed by atoms with Crippen LogP contribution < -0.4 is 0 Å². The van der Waals surface area contributed by atoms with Crippen LogP contribution >= 0.6 is 23.7 Å². The minimum Gasteiger partial charge on any atom is -0.461 e. The summed E-state index contributed by atoms with van der Waals surface area (Å²) in [6, 6.07) is 9.67. The van der Waals surface area contributed by atoms with Crippen LogP contribution in [-0.2, 0) is 4.74 Å². The largest absolute Gasteiger partial charge is 0.461 e. The summed E-state index contributed by atoms with van der Waals surface area (Å²) in [4.78, 5) is 17.5. The lowest BCUT2D eigenvalue weighted by Crippen LogP contribution is -2.08. The highest BCUT2D eigenvalue weighted by Crippen LogP contribution is 2.27. The Bertz CT molecular complexity index is 721. The molecule has 20 heavy (non-hydrogen) atoms. The molecule has 104 valence electrons. The minimum atomic E-state index is -0.341. The molecule has 4 nitrogen and oxygen atoms in total. The molecule has 1 aromatic carbocycles. The summed E-state index contributed by atoms with van der Waals surface area (Å²) in [6.07, 6.45) is 1.84. The average molecular weight is 309 g/mol. The van der Waals surface area contributed by atoms with Crippen molar-refractivity contribution in [3.05, 3.63) is 47.6 Å². The second-order valence-corrected chi connectivity index (χ2v) is 4.82. The van der Waals surface area contributed by atoms with Crippen LogP contribution in [0.5, 0.6) is 0 Å². The zero-order chi connectivity index (χ0) is 13.2. The molecule has 0 aliphatic heterocycles. The van der Waals surface area contributed by atoms with Gasteiger partial charge in [-0.2, -0.15) is 0 Å². The van der Waals surface area contributed by atoms with Crippen LogP contribution in [0.3, 0.4) is 0 Å². The van der Waals surface area contributed by atoms with Crippen LogP contribution in [0.2, 0.25) is 0 Å². The molecule has 0 radical (unpaired) electrons. The zero-order valence-electron chi connectivity index (χ0n) is 10.8. The Morgan fingerprint density at radius 1 is 1.35 bits per heavy atom. The van der Waals surface area contributed by atoms with E-state index in [4.69, 9.17) is 4.74 Å². The van der Waals surface area contributed by atoms with Gasteiger partial charge in [-0.3, -0.25) is 4.40 Å². The third kappa shape index (κ3) is 2.42. The number of nitrogens with zero attached hydrogens (tertiary/aromatic N) is 2. The number of thiazole rings is 1. The van der Waals surface area contributed by atoms with Crippen LogP contribution in [0, 0.1) is 0 Å². The topological polar surface area (TPSA) is 43.6 Å². The molecule has 0 spiro atoms. The summed E-state index contributed by atoms with van der Waals surface area (Å²) in [6.45, 7) is 2.15. The van der Waals surface area contributed by atoms with Gasteiger partial charge in [0.25, 0.3) is 0 Å². The second-order valence-electron chi connectivity index (χ2n) is 3.95. The van der Waals surface area contributed by atoms with Gasteiger partial charge in [0.2, 0.25) is 0 Å². The van der Waals surface area contributed by atoms with E-state index in [1.807, 2.05) is 41.9 Å². The molecule has 0 aliphatic carbocycles. The van der Waals surface area contributed by atoms with Gasteiger partial charge in [-0.25, -0.2) is 9.78 Å². The first-order valence-electron chi connectivity index (χ1n) is 5.99. The number of ether oxygens (including phenoxy) is 1. The maximum absolute atomic E-state index is 12.1. The molecule has 2 heterocycles. The molecule has 0 unspecified atom stereocenters. The molecule has 0 atom stereocenters. The highest BCUT2D eigenvalue weighted by molar-refractivity contribution is 7.15. The first-order chi connectivity index (χ1) is 9.31. The van der Waals surface area contributed by atoms with E-state index in [2.05, 4.69) is 4.98 Å². The summed E-state index contributed by atoms with van der Waals surface area (Å²) in [5.41, 5.74) is 2.08. The van der Waals surface area contributed by atoms with Crippen molar-refractivity contribution >= 4 is 34.7 Å². The molecule has 2 aromatic heterocycles. The monoisotopic (exact) mass is 308 g/mol. The summed E-state index contributed by atoms with van der Waals surface area (Å²) >= 11 is 1.50. The molecule has 0 amide bonds. The molecular formula is C14H13ClN2O2S. The van der Waals surface area contributed by atoms with Gasteiger partial charge in [0.1, 0.15) is 5.69 Å². The predicted molar refractivity (Wildman–Crippen MR) is 81.7 cm³/mol. The number of halogens is 1. The van der Waals surface area contributed by atoms with Gasteiger partial charge < -0.3 is 4.74 Å². The van der Waals surface area contributed by atoms with Crippen LogP contribution in [0.1, 0.15) is 17.4 Å². The molecule has 0 N–H and O–H groups in total. The molecule has 3 aromatic rings. The molecule has 0 fully saturated rings. The molecule has 3 rings (SSSR count). The molecular weight excluding hydrogens is 296 g/mol. The summed E-state index contributed by atoms with van der Waals surface area (Å²) < 4.78 is 6.91. The van der Waals surface area contributed by atoms with Crippen molar-refractivity contribution in [3.8, 4) is 11.3 Å². The van der Waals surface area contributed by atoms with E-state index in [1.165, 1.54) is 11.3 Å². The molecule has 0 saturated carbocycles. The van der Waals surface area contributed by atoms with Crippen molar-refractivity contribution in [2.24, 2.45) is 0 Å². The van der Waals surface area contributed by atoms with Crippen molar-refractivity contribution in [2.75, 3.05) is 6.61 Å². The normalized spacial score (nSPS) is 10.2. The van der Waals surface area contributed by atoms with E-state index in [-0.39, 0.29) is 18.4 Å². The van der Waals surface area contributed by atoms with E-state index < -0.39 is 0 Å². The number of imidazole rings is 1. The first-order valence-corrected chi connectivity index (χ1v) is 6.87. The number of hydrogen-bond donors (Lipinski definition) is 0. The summed E-state index contributed by atoms with van der Waals surface area (Å²) in [5.74, 6) is -0.341. The van der Waals surface area contributed by atoms with Crippen molar-refractivity contribution in [1.29, 1.82) is 0 Å². The van der Waals surface area contributed by atoms with Gasteiger partial charge in [-0.05, 0) is 6.92 Å². The minimum absolute atomic E-state index is 0. The van der Waals surface area contributed by atoms with Gasteiger partial charge in [0, 0.05) is 17.1 Å². The Morgan fingerprint density at radius 2 is 2.10 bits per heavy atom. The number of hydrogen-bond acceptors (Lipinski definition) is 4. The van der Waals surface area contributed by atoms with E-state index in [0.717, 1.165) is 10.5 Å². The van der Waals surface area contributed by atoms with Gasteiger partial charge >= 0.3 is 5.97 Å². The van der Waals surface area contributed by atoms with Gasteiger partial charge in [-0.1, -0.05) is 30.3 Å². The SMILES string of the molecule is CCOC(=O)c1c(-c2ccccc2)nc2sccn12.Cl. The molecule has 0 aliphatic rings. The van der Waals surface area contributed by atoms with Gasteiger partial charge in [0.15, 0.2) is 10.7 Å². The highest BCUT2D eigenvalue weighted by atomic mass is 35.5. The number of carbonyl (C=O) groups excluding carboxylic acids is 1. The van der Waals surface area contributed by atoms with Crippen molar-refractivity contribution < 1.29 is 9.53 Å². The fourth-order valence-electron chi connectivity index (χ4n) is 1.98.